The SMILES string of the molecule is CCC(C)(NC(=O)C(C)Oc1cccc2ccccc12)C(=O)O. The molecule has 5 nitrogen and oxygen atoms in total. The predicted molar refractivity (Wildman–Crippen MR) is 88.5 cm³/mol. The highest BCUT2D eigenvalue weighted by Gasteiger charge is 2.34. The van der Waals surface area contributed by atoms with Gasteiger partial charge in [-0.25, -0.2) is 4.79 Å². The normalized spacial score (nSPS) is 14.7. The Hall–Kier alpha value is -2.56. The molecule has 0 bridgehead atoms. The first kappa shape index (κ1) is 16.8. The average Bonchev–Trinajstić information content (AvgIpc) is 2.54. The Morgan fingerprint density at radius 1 is 1.22 bits per heavy atom. The van der Waals surface area contributed by atoms with Gasteiger partial charge in [-0.1, -0.05) is 43.3 Å². The first-order valence-corrected chi connectivity index (χ1v) is 7.57. The van der Waals surface area contributed by atoms with Crippen molar-refractivity contribution in [2.24, 2.45) is 0 Å². The smallest absolute Gasteiger partial charge is 0.329 e. The van der Waals surface area contributed by atoms with Crippen molar-refractivity contribution in [3.05, 3.63) is 42.5 Å². The van der Waals surface area contributed by atoms with Crippen LogP contribution in [0.1, 0.15) is 27.2 Å². The molecule has 2 aromatic rings. The zero-order chi connectivity index (χ0) is 17.0. The van der Waals surface area contributed by atoms with Crippen LogP contribution in [0.15, 0.2) is 42.5 Å². The van der Waals surface area contributed by atoms with Gasteiger partial charge in [-0.15, -0.1) is 0 Å². The van der Waals surface area contributed by atoms with Crippen molar-refractivity contribution in [3.63, 3.8) is 0 Å². The molecule has 0 aliphatic carbocycles. The van der Waals surface area contributed by atoms with E-state index in [4.69, 9.17) is 4.74 Å². The number of carbonyl (C=O) groups excluding carboxylic acids is 1. The quantitative estimate of drug-likeness (QED) is 0.859. The third-order valence-corrected chi connectivity index (χ3v) is 4.00. The minimum Gasteiger partial charge on any atom is -0.480 e. The molecule has 2 aromatic carbocycles. The van der Waals surface area contributed by atoms with Crippen molar-refractivity contribution >= 4 is 22.6 Å². The van der Waals surface area contributed by atoms with E-state index < -0.39 is 23.5 Å². The molecule has 0 fully saturated rings. The minimum absolute atomic E-state index is 0.287. The lowest BCUT2D eigenvalue weighted by Gasteiger charge is -2.26. The molecule has 0 saturated carbocycles. The fourth-order valence-corrected chi connectivity index (χ4v) is 2.21. The molecule has 0 radical (unpaired) electrons. The zero-order valence-corrected chi connectivity index (χ0v) is 13.5. The summed E-state index contributed by atoms with van der Waals surface area (Å²) in [5.74, 6) is -0.922. The lowest BCUT2D eigenvalue weighted by Crippen LogP contribution is -2.54. The Labute approximate surface area is 135 Å². The maximum Gasteiger partial charge on any atom is 0.329 e. The Kier molecular flexibility index (Phi) is 4.89. The van der Waals surface area contributed by atoms with Crippen LogP contribution in [0.25, 0.3) is 10.8 Å². The molecule has 0 aliphatic heterocycles. The summed E-state index contributed by atoms with van der Waals surface area (Å²) in [6, 6.07) is 13.3. The molecule has 2 atom stereocenters. The molecule has 0 saturated heterocycles. The van der Waals surface area contributed by atoms with Crippen LogP contribution in [0.4, 0.5) is 0 Å². The van der Waals surface area contributed by atoms with Crippen molar-refractivity contribution in [2.45, 2.75) is 38.8 Å². The van der Waals surface area contributed by atoms with Gasteiger partial charge in [0.2, 0.25) is 0 Å². The first-order chi connectivity index (χ1) is 10.9. The van der Waals surface area contributed by atoms with Crippen LogP contribution in [0, 0.1) is 0 Å². The second-order valence-electron chi connectivity index (χ2n) is 5.72. The number of hydrogen-bond acceptors (Lipinski definition) is 3. The first-order valence-electron chi connectivity index (χ1n) is 7.57. The van der Waals surface area contributed by atoms with Gasteiger partial charge in [-0.3, -0.25) is 4.79 Å². The average molecular weight is 315 g/mol. The molecule has 23 heavy (non-hydrogen) atoms. The van der Waals surface area contributed by atoms with E-state index in [1.807, 2.05) is 36.4 Å². The number of benzene rings is 2. The van der Waals surface area contributed by atoms with E-state index in [2.05, 4.69) is 5.32 Å². The van der Waals surface area contributed by atoms with Crippen LogP contribution >= 0.6 is 0 Å². The Bertz CT molecular complexity index is 723. The number of nitrogens with one attached hydrogen (secondary N) is 1. The summed E-state index contributed by atoms with van der Waals surface area (Å²) in [4.78, 5) is 23.6. The van der Waals surface area contributed by atoms with Crippen LogP contribution in [-0.2, 0) is 9.59 Å². The summed E-state index contributed by atoms with van der Waals surface area (Å²) in [6.07, 6.45) is -0.513. The molecular weight excluding hydrogens is 294 g/mol. The molecule has 122 valence electrons. The standard InChI is InChI=1S/C18H21NO4/c1-4-18(3,17(21)22)19-16(20)12(2)23-15-11-7-9-13-8-5-6-10-14(13)15/h5-12H,4H2,1-3H3,(H,19,20)(H,21,22). The molecule has 0 heterocycles. The number of carbonyl (C=O) groups is 2. The van der Waals surface area contributed by atoms with Gasteiger partial charge in [-0.2, -0.15) is 0 Å². The fourth-order valence-electron chi connectivity index (χ4n) is 2.21. The van der Waals surface area contributed by atoms with Crippen LogP contribution in [0.2, 0.25) is 0 Å². The van der Waals surface area contributed by atoms with Crippen LogP contribution in [0.3, 0.4) is 0 Å². The van der Waals surface area contributed by atoms with Crippen molar-refractivity contribution in [2.75, 3.05) is 0 Å². The highest BCUT2D eigenvalue weighted by Crippen LogP contribution is 2.26. The summed E-state index contributed by atoms with van der Waals surface area (Å²) in [7, 11) is 0. The number of hydrogen-bond donors (Lipinski definition) is 2. The van der Waals surface area contributed by atoms with Gasteiger partial charge in [0.1, 0.15) is 11.3 Å². The molecule has 5 heteroatoms. The molecule has 2 N–H and O–H groups in total. The third kappa shape index (κ3) is 3.62. The second-order valence-corrected chi connectivity index (χ2v) is 5.72. The van der Waals surface area contributed by atoms with E-state index in [0.717, 1.165) is 10.8 Å². The Morgan fingerprint density at radius 2 is 1.87 bits per heavy atom. The van der Waals surface area contributed by atoms with E-state index in [-0.39, 0.29) is 6.42 Å². The molecule has 2 rings (SSSR count). The van der Waals surface area contributed by atoms with Crippen molar-refractivity contribution < 1.29 is 19.4 Å². The van der Waals surface area contributed by atoms with Gasteiger partial charge in [0.15, 0.2) is 6.10 Å². The number of carboxylic acids is 1. The summed E-state index contributed by atoms with van der Waals surface area (Å²) in [5.41, 5.74) is -1.30. The van der Waals surface area contributed by atoms with E-state index >= 15 is 0 Å². The third-order valence-electron chi connectivity index (χ3n) is 4.00. The summed E-state index contributed by atoms with van der Waals surface area (Å²) in [6.45, 7) is 4.80. The second kappa shape index (κ2) is 6.69. The summed E-state index contributed by atoms with van der Waals surface area (Å²) < 4.78 is 5.75. The van der Waals surface area contributed by atoms with Gasteiger partial charge in [-0.05, 0) is 31.7 Å². The van der Waals surface area contributed by atoms with E-state index in [0.29, 0.717) is 5.75 Å². The lowest BCUT2D eigenvalue weighted by atomic mass is 9.99. The van der Waals surface area contributed by atoms with Gasteiger partial charge < -0.3 is 15.2 Å². The highest BCUT2D eigenvalue weighted by atomic mass is 16.5. The highest BCUT2D eigenvalue weighted by molar-refractivity contribution is 5.90. The number of ether oxygens (including phenoxy) is 1. The molecule has 0 aliphatic rings. The van der Waals surface area contributed by atoms with E-state index in [1.165, 1.54) is 6.92 Å². The van der Waals surface area contributed by atoms with E-state index in [1.54, 1.807) is 19.9 Å². The number of amides is 1. The van der Waals surface area contributed by atoms with Gasteiger partial charge >= 0.3 is 5.97 Å². The fraction of sp³-hybridized carbons (Fsp3) is 0.333. The van der Waals surface area contributed by atoms with Crippen molar-refractivity contribution in [3.8, 4) is 5.75 Å². The number of rotatable bonds is 6. The minimum atomic E-state index is -1.30. The number of aliphatic carboxylic acids is 1. The van der Waals surface area contributed by atoms with Crippen LogP contribution in [0.5, 0.6) is 5.75 Å². The van der Waals surface area contributed by atoms with Crippen LogP contribution < -0.4 is 10.1 Å². The Morgan fingerprint density at radius 3 is 2.52 bits per heavy atom. The molecule has 2 unspecified atom stereocenters. The monoisotopic (exact) mass is 315 g/mol. The van der Waals surface area contributed by atoms with Gasteiger partial charge in [0.25, 0.3) is 5.91 Å². The maximum atomic E-state index is 12.3. The van der Waals surface area contributed by atoms with Crippen molar-refractivity contribution in [1.29, 1.82) is 0 Å². The lowest BCUT2D eigenvalue weighted by molar-refractivity contribution is -0.148. The summed E-state index contributed by atoms with van der Waals surface area (Å²) >= 11 is 0. The zero-order valence-electron chi connectivity index (χ0n) is 13.5. The van der Waals surface area contributed by atoms with Crippen molar-refractivity contribution in [1.82, 2.24) is 5.32 Å². The summed E-state index contributed by atoms with van der Waals surface area (Å²) in [5, 5.41) is 13.7. The van der Waals surface area contributed by atoms with Crippen LogP contribution in [-0.4, -0.2) is 28.6 Å². The van der Waals surface area contributed by atoms with Gasteiger partial charge in [0.05, 0.1) is 0 Å². The number of fused-ring (bicyclic) bond motifs is 1. The topological polar surface area (TPSA) is 75.6 Å². The molecule has 1 amide bonds. The Balaban J connectivity index is 2.16. The number of carboxylic acid groups (broad SMARTS) is 1. The predicted octanol–water partition coefficient (Wildman–Crippen LogP) is 2.98. The largest absolute Gasteiger partial charge is 0.480 e. The molecular formula is C18H21NO4. The van der Waals surface area contributed by atoms with Gasteiger partial charge in [0, 0.05) is 5.39 Å². The molecule has 0 aromatic heterocycles. The molecule has 0 spiro atoms. The maximum absolute atomic E-state index is 12.3. The van der Waals surface area contributed by atoms with E-state index in [9.17, 15) is 14.7 Å².